The van der Waals surface area contributed by atoms with Crippen molar-refractivity contribution in [2.75, 3.05) is 7.05 Å². The molecule has 2 aromatic rings. The molecule has 0 aliphatic rings. The summed E-state index contributed by atoms with van der Waals surface area (Å²) in [6.45, 7) is 0. The van der Waals surface area contributed by atoms with Crippen LogP contribution in [0, 0.1) is 5.82 Å². The molecule has 2 rings (SSSR count). The minimum atomic E-state index is -0.250. The minimum Gasteiger partial charge on any atom is -0.294 e. The SMILES string of the molecule is CN=Cc1nn(C)c2cc(F)ccc12. The Hall–Kier alpha value is -1.71. The maximum atomic E-state index is 12.9. The van der Waals surface area contributed by atoms with Gasteiger partial charge in [-0.25, -0.2) is 4.39 Å². The molecule has 0 fully saturated rings. The lowest BCUT2D eigenvalue weighted by Crippen LogP contribution is -1.90. The number of halogens is 1. The molecule has 0 spiro atoms. The molecule has 14 heavy (non-hydrogen) atoms. The summed E-state index contributed by atoms with van der Waals surface area (Å²) >= 11 is 0. The smallest absolute Gasteiger partial charge is 0.125 e. The van der Waals surface area contributed by atoms with Crippen LogP contribution in [0.15, 0.2) is 23.2 Å². The lowest BCUT2D eigenvalue weighted by Gasteiger charge is -1.92. The monoisotopic (exact) mass is 191 g/mol. The molecular formula is C10H10FN3. The first-order chi connectivity index (χ1) is 6.72. The predicted octanol–water partition coefficient (Wildman–Crippen LogP) is 1.76. The van der Waals surface area contributed by atoms with Gasteiger partial charge in [0, 0.05) is 25.7 Å². The van der Waals surface area contributed by atoms with Gasteiger partial charge in [-0.1, -0.05) is 0 Å². The molecule has 0 bridgehead atoms. The molecule has 4 heteroatoms. The lowest BCUT2D eigenvalue weighted by molar-refractivity contribution is 0.628. The summed E-state index contributed by atoms with van der Waals surface area (Å²) in [4.78, 5) is 3.90. The van der Waals surface area contributed by atoms with E-state index < -0.39 is 0 Å². The van der Waals surface area contributed by atoms with E-state index in [0.717, 1.165) is 16.6 Å². The van der Waals surface area contributed by atoms with Gasteiger partial charge in [-0.15, -0.1) is 0 Å². The number of aryl methyl sites for hydroxylation is 1. The van der Waals surface area contributed by atoms with E-state index in [4.69, 9.17) is 0 Å². The zero-order valence-electron chi connectivity index (χ0n) is 8.03. The van der Waals surface area contributed by atoms with Crippen LogP contribution in [0.1, 0.15) is 5.69 Å². The Labute approximate surface area is 80.9 Å². The van der Waals surface area contributed by atoms with Gasteiger partial charge >= 0.3 is 0 Å². The summed E-state index contributed by atoms with van der Waals surface area (Å²) < 4.78 is 14.6. The number of rotatable bonds is 1. The maximum absolute atomic E-state index is 12.9. The number of aromatic nitrogens is 2. The van der Waals surface area contributed by atoms with Crippen molar-refractivity contribution in [1.82, 2.24) is 9.78 Å². The molecule has 0 radical (unpaired) electrons. The Bertz CT molecular complexity index is 499. The summed E-state index contributed by atoms with van der Waals surface area (Å²) in [6.07, 6.45) is 1.67. The van der Waals surface area contributed by atoms with Gasteiger partial charge in [0.25, 0.3) is 0 Å². The van der Waals surface area contributed by atoms with Gasteiger partial charge in [-0.2, -0.15) is 5.10 Å². The van der Waals surface area contributed by atoms with Crippen LogP contribution in [-0.4, -0.2) is 23.0 Å². The van der Waals surface area contributed by atoms with Crippen LogP contribution in [0.3, 0.4) is 0 Å². The quantitative estimate of drug-likeness (QED) is 0.632. The van der Waals surface area contributed by atoms with Crippen molar-refractivity contribution in [3.05, 3.63) is 29.7 Å². The molecule has 0 aliphatic carbocycles. The zero-order valence-corrected chi connectivity index (χ0v) is 8.03. The molecule has 0 atom stereocenters. The van der Waals surface area contributed by atoms with E-state index in [2.05, 4.69) is 10.1 Å². The van der Waals surface area contributed by atoms with Crippen LogP contribution in [-0.2, 0) is 7.05 Å². The standard InChI is InChI=1S/C10H10FN3/c1-12-6-9-8-4-3-7(11)5-10(8)14(2)13-9/h3-6H,1-2H3. The van der Waals surface area contributed by atoms with E-state index in [1.165, 1.54) is 12.1 Å². The van der Waals surface area contributed by atoms with Crippen molar-refractivity contribution >= 4 is 17.1 Å². The predicted molar refractivity (Wildman–Crippen MR) is 54.2 cm³/mol. The number of fused-ring (bicyclic) bond motifs is 1. The van der Waals surface area contributed by atoms with Crippen molar-refractivity contribution in [3.63, 3.8) is 0 Å². The molecule has 1 heterocycles. The van der Waals surface area contributed by atoms with Crippen LogP contribution >= 0.6 is 0 Å². The Morgan fingerprint density at radius 1 is 1.50 bits per heavy atom. The third-order valence-electron chi connectivity index (χ3n) is 2.09. The van der Waals surface area contributed by atoms with E-state index in [-0.39, 0.29) is 5.82 Å². The fourth-order valence-corrected chi connectivity index (χ4v) is 1.48. The molecule has 72 valence electrons. The molecular weight excluding hydrogens is 181 g/mol. The second-order valence-electron chi connectivity index (χ2n) is 3.06. The lowest BCUT2D eigenvalue weighted by atomic mass is 10.2. The number of benzene rings is 1. The average Bonchev–Trinajstić information content (AvgIpc) is 2.44. The van der Waals surface area contributed by atoms with Gasteiger partial charge in [0.05, 0.1) is 5.52 Å². The molecule has 0 saturated carbocycles. The Morgan fingerprint density at radius 3 is 3.00 bits per heavy atom. The second-order valence-corrected chi connectivity index (χ2v) is 3.06. The summed E-state index contributed by atoms with van der Waals surface area (Å²) in [5.41, 5.74) is 1.55. The highest BCUT2D eigenvalue weighted by atomic mass is 19.1. The number of hydrogen-bond acceptors (Lipinski definition) is 2. The summed E-state index contributed by atoms with van der Waals surface area (Å²) in [6, 6.07) is 4.61. The maximum Gasteiger partial charge on any atom is 0.125 e. The first-order valence-corrected chi connectivity index (χ1v) is 4.27. The molecule has 0 N–H and O–H groups in total. The van der Waals surface area contributed by atoms with Crippen LogP contribution in [0.25, 0.3) is 10.9 Å². The molecule has 1 aromatic carbocycles. The van der Waals surface area contributed by atoms with Crippen molar-refractivity contribution < 1.29 is 4.39 Å². The van der Waals surface area contributed by atoms with Gasteiger partial charge in [0.2, 0.25) is 0 Å². The number of aliphatic imine (C=N–C) groups is 1. The van der Waals surface area contributed by atoms with Gasteiger partial charge in [-0.3, -0.25) is 9.67 Å². The van der Waals surface area contributed by atoms with Crippen molar-refractivity contribution in [3.8, 4) is 0 Å². The van der Waals surface area contributed by atoms with Gasteiger partial charge < -0.3 is 0 Å². The highest BCUT2D eigenvalue weighted by Gasteiger charge is 2.06. The van der Waals surface area contributed by atoms with Crippen LogP contribution in [0.4, 0.5) is 4.39 Å². The van der Waals surface area contributed by atoms with Crippen molar-refractivity contribution in [1.29, 1.82) is 0 Å². The van der Waals surface area contributed by atoms with Gasteiger partial charge in [0.1, 0.15) is 11.5 Å². The third kappa shape index (κ3) is 1.28. The minimum absolute atomic E-state index is 0.250. The third-order valence-corrected chi connectivity index (χ3v) is 2.09. The first-order valence-electron chi connectivity index (χ1n) is 4.27. The van der Waals surface area contributed by atoms with E-state index in [0.29, 0.717) is 0 Å². The van der Waals surface area contributed by atoms with Crippen LogP contribution in [0.2, 0.25) is 0 Å². The average molecular weight is 191 g/mol. The Kier molecular flexibility index (Phi) is 2.04. The Balaban J connectivity index is 2.77. The fourth-order valence-electron chi connectivity index (χ4n) is 1.48. The van der Waals surface area contributed by atoms with E-state index in [9.17, 15) is 4.39 Å². The van der Waals surface area contributed by atoms with Crippen molar-refractivity contribution in [2.24, 2.45) is 12.0 Å². The van der Waals surface area contributed by atoms with E-state index in [1.54, 1.807) is 31.1 Å². The van der Waals surface area contributed by atoms with E-state index >= 15 is 0 Å². The largest absolute Gasteiger partial charge is 0.294 e. The summed E-state index contributed by atoms with van der Waals surface area (Å²) in [5.74, 6) is -0.250. The molecule has 1 aromatic heterocycles. The first kappa shape index (κ1) is 8.87. The van der Waals surface area contributed by atoms with Crippen LogP contribution < -0.4 is 0 Å². The molecule has 0 amide bonds. The zero-order chi connectivity index (χ0) is 10.1. The van der Waals surface area contributed by atoms with Crippen LogP contribution in [0.5, 0.6) is 0 Å². The highest BCUT2D eigenvalue weighted by Crippen LogP contribution is 2.17. The molecule has 0 aliphatic heterocycles. The van der Waals surface area contributed by atoms with Gasteiger partial charge in [0.15, 0.2) is 0 Å². The topological polar surface area (TPSA) is 30.2 Å². The van der Waals surface area contributed by atoms with E-state index in [1.807, 2.05) is 0 Å². The molecule has 0 saturated heterocycles. The number of hydrogen-bond donors (Lipinski definition) is 0. The summed E-state index contributed by atoms with van der Waals surface area (Å²) in [7, 11) is 3.47. The number of nitrogens with zero attached hydrogens (tertiary/aromatic N) is 3. The molecule has 0 unspecified atom stereocenters. The molecule has 3 nitrogen and oxygen atoms in total. The van der Waals surface area contributed by atoms with Gasteiger partial charge in [-0.05, 0) is 18.2 Å². The fraction of sp³-hybridized carbons (Fsp3) is 0.200. The van der Waals surface area contributed by atoms with Crippen molar-refractivity contribution in [2.45, 2.75) is 0 Å². The second kappa shape index (κ2) is 3.21. The highest BCUT2D eigenvalue weighted by molar-refractivity contribution is 5.96. The normalized spacial score (nSPS) is 11.6. The summed E-state index contributed by atoms with van der Waals surface area (Å²) in [5, 5.41) is 5.14. The Morgan fingerprint density at radius 2 is 2.29 bits per heavy atom.